The number of ether oxygens (including phenoxy) is 1. The number of fused-ring (bicyclic) bond motifs is 4. The highest BCUT2D eigenvalue weighted by atomic mass is 16.5. The van der Waals surface area contributed by atoms with Crippen LogP contribution in [0.25, 0.3) is 0 Å². The first kappa shape index (κ1) is 21.5. The third kappa shape index (κ3) is 3.24. The van der Waals surface area contributed by atoms with E-state index in [0.29, 0.717) is 12.2 Å². The predicted octanol–water partition coefficient (Wildman–Crippen LogP) is 6.38. The number of hydrogen-bond donors (Lipinski definition) is 1. The Kier molecular flexibility index (Phi) is 4.75. The number of nitrogens with zero attached hydrogens (tertiary/aromatic N) is 1. The first-order valence-electron chi connectivity index (χ1n) is 12.0. The van der Waals surface area contributed by atoms with Crippen LogP contribution in [0.1, 0.15) is 48.6 Å². The molecular weight excluding hydrogens is 434 g/mol. The fraction of sp³-hybridized carbons (Fsp3) is 0.194. The Labute approximate surface area is 205 Å². The third-order valence-electron chi connectivity index (χ3n) is 7.20. The van der Waals surface area contributed by atoms with Gasteiger partial charge in [0.1, 0.15) is 22.5 Å². The van der Waals surface area contributed by atoms with Crippen LogP contribution in [0.5, 0.6) is 11.5 Å². The molecule has 4 aromatic rings. The van der Waals surface area contributed by atoms with Gasteiger partial charge in [0.05, 0.1) is 6.04 Å². The topological polar surface area (TPSA) is 49.8 Å². The van der Waals surface area contributed by atoms with Crippen molar-refractivity contribution in [3.8, 4) is 11.5 Å². The molecule has 1 amide bonds. The number of phenolic OH excluding ortho intramolecular Hbond substituents is 1. The van der Waals surface area contributed by atoms with Gasteiger partial charge in [-0.1, -0.05) is 84.9 Å². The Morgan fingerprint density at radius 2 is 1.40 bits per heavy atom. The van der Waals surface area contributed by atoms with Crippen LogP contribution in [0.2, 0.25) is 0 Å². The van der Waals surface area contributed by atoms with E-state index < -0.39 is 11.0 Å². The van der Waals surface area contributed by atoms with Crippen molar-refractivity contribution in [2.75, 3.05) is 4.90 Å². The van der Waals surface area contributed by atoms with Gasteiger partial charge in [-0.2, -0.15) is 0 Å². The Morgan fingerprint density at radius 1 is 0.800 bits per heavy atom. The molecule has 0 bridgehead atoms. The molecule has 1 atom stereocenters. The van der Waals surface area contributed by atoms with Crippen molar-refractivity contribution < 1.29 is 14.6 Å². The molecule has 4 aromatic carbocycles. The molecule has 2 heterocycles. The van der Waals surface area contributed by atoms with Gasteiger partial charge in [0.25, 0.3) is 0 Å². The molecule has 0 saturated heterocycles. The zero-order valence-electron chi connectivity index (χ0n) is 19.8. The molecule has 35 heavy (non-hydrogen) atoms. The van der Waals surface area contributed by atoms with E-state index in [1.165, 1.54) is 0 Å². The van der Waals surface area contributed by atoms with Gasteiger partial charge in [0, 0.05) is 23.7 Å². The molecule has 4 heteroatoms. The zero-order chi connectivity index (χ0) is 24.2. The van der Waals surface area contributed by atoms with Crippen LogP contribution in [0.4, 0.5) is 5.69 Å². The van der Waals surface area contributed by atoms with E-state index in [1.54, 1.807) is 12.1 Å². The van der Waals surface area contributed by atoms with Crippen LogP contribution >= 0.6 is 0 Å². The summed E-state index contributed by atoms with van der Waals surface area (Å²) >= 11 is 0. The van der Waals surface area contributed by atoms with Gasteiger partial charge in [-0.3, -0.25) is 9.69 Å². The van der Waals surface area contributed by atoms with Crippen molar-refractivity contribution in [3.63, 3.8) is 0 Å². The molecule has 1 unspecified atom stereocenters. The van der Waals surface area contributed by atoms with Crippen LogP contribution in [0.3, 0.4) is 0 Å². The number of carbonyl (C=O) groups excluding carboxylic acids is 1. The van der Waals surface area contributed by atoms with Crippen molar-refractivity contribution in [2.45, 2.75) is 37.3 Å². The molecule has 1 N–H and O–H groups in total. The molecule has 0 saturated carbocycles. The summed E-state index contributed by atoms with van der Waals surface area (Å²) < 4.78 is 6.28. The fourth-order valence-electron chi connectivity index (χ4n) is 5.94. The minimum absolute atomic E-state index is 0.0275. The molecule has 0 aromatic heterocycles. The summed E-state index contributed by atoms with van der Waals surface area (Å²) in [5.74, 6) is 0.709. The Balaban J connectivity index is 1.63. The van der Waals surface area contributed by atoms with E-state index in [9.17, 15) is 9.90 Å². The number of carbonyl (C=O) groups is 1. The SMILES string of the molecule is CC1(C)CC2(C(=O)N(C(c3ccccc3)c3ccccc3)c3ccccc32)c2ccc(O)cc2O1. The van der Waals surface area contributed by atoms with E-state index in [-0.39, 0.29) is 17.7 Å². The maximum absolute atomic E-state index is 14.9. The van der Waals surface area contributed by atoms with E-state index in [0.717, 1.165) is 27.9 Å². The third-order valence-corrected chi connectivity index (χ3v) is 7.20. The lowest BCUT2D eigenvalue weighted by Gasteiger charge is -2.43. The minimum Gasteiger partial charge on any atom is -0.508 e. The highest BCUT2D eigenvalue weighted by molar-refractivity contribution is 6.12. The van der Waals surface area contributed by atoms with Crippen molar-refractivity contribution in [3.05, 3.63) is 125 Å². The van der Waals surface area contributed by atoms with Crippen molar-refractivity contribution in [1.29, 1.82) is 0 Å². The standard InChI is InChI=1S/C31H27NO3/c1-30(2)20-31(25-18-17-23(33)19-27(25)35-30)24-15-9-10-16-26(24)32(29(31)34)28(21-11-5-3-6-12-21)22-13-7-4-8-14-22/h3-19,28,33H,20H2,1-2H3. The van der Waals surface area contributed by atoms with Crippen LogP contribution in [-0.4, -0.2) is 16.6 Å². The number of benzene rings is 4. The number of para-hydroxylation sites is 1. The summed E-state index contributed by atoms with van der Waals surface area (Å²) in [6, 6.07) is 33.3. The van der Waals surface area contributed by atoms with Crippen molar-refractivity contribution in [1.82, 2.24) is 0 Å². The van der Waals surface area contributed by atoms with Crippen molar-refractivity contribution >= 4 is 11.6 Å². The number of phenols is 1. The normalized spacial score (nSPS) is 20.0. The second kappa shape index (κ2) is 7.74. The lowest BCUT2D eigenvalue weighted by molar-refractivity contribution is -0.124. The van der Waals surface area contributed by atoms with Gasteiger partial charge >= 0.3 is 0 Å². The maximum Gasteiger partial charge on any atom is 0.243 e. The predicted molar refractivity (Wildman–Crippen MR) is 137 cm³/mol. The second-order valence-electron chi connectivity index (χ2n) is 10.0. The molecule has 1 spiro atoms. The molecule has 6 rings (SSSR count). The summed E-state index contributed by atoms with van der Waals surface area (Å²) in [4.78, 5) is 16.8. The van der Waals surface area contributed by atoms with Crippen LogP contribution in [0.15, 0.2) is 103 Å². The van der Waals surface area contributed by atoms with Crippen LogP contribution in [0, 0.1) is 0 Å². The highest BCUT2D eigenvalue weighted by Gasteiger charge is 2.59. The molecule has 0 radical (unpaired) electrons. The second-order valence-corrected chi connectivity index (χ2v) is 10.0. The number of aromatic hydroxyl groups is 1. The van der Waals surface area contributed by atoms with Gasteiger partial charge in [-0.05, 0) is 42.7 Å². The smallest absolute Gasteiger partial charge is 0.243 e. The highest BCUT2D eigenvalue weighted by Crippen LogP contribution is 2.58. The lowest BCUT2D eigenvalue weighted by Crippen LogP contribution is -2.51. The first-order valence-corrected chi connectivity index (χ1v) is 12.0. The monoisotopic (exact) mass is 461 g/mol. The molecule has 2 aliphatic rings. The molecular formula is C31H27NO3. The van der Waals surface area contributed by atoms with E-state index in [2.05, 4.69) is 30.3 Å². The van der Waals surface area contributed by atoms with Gasteiger partial charge in [-0.25, -0.2) is 0 Å². The summed E-state index contributed by atoms with van der Waals surface area (Å²) in [6.45, 7) is 4.01. The fourth-order valence-corrected chi connectivity index (χ4v) is 5.94. The summed E-state index contributed by atoms with van der Waals surface area (Å²) in [6.07, 6.45) is 0.500. The molecule has 2 aliphatic heterocycles. The molecule has 174 valence electrons. The van der Waals surface area contributed by atoms with E-state index in [1.807, 2.05) is 79.4 Å². The molecule has 0 fully saturated rings. The summed E-state index contributed by atoms with van der Waals surface area (Å²) in [7, 11) is 0. The van der Waals surface area contributed by atoms with E-state index in [4.69, 9.17) is 4.74 Å². The average Bonchev–Trinajstić information content (AvgIpc) is 3.08. The Hall–Kier alpha value is -4.05. The van der Waals surface area contributed by atoms with Gasteiger partial charge in [-0.15, -0.1) is 0 Å². The van der Waals surface area contributed by atoms with Crippen LogP contribution in [-0.2, 0) is 10.2 Å². The number of amides is 1. The average molecular weight is 462 g/mol. The minimum atomic E-state index is -0.914. The van der Waals surface area contributed by atoms with Gasteiger partial charge < -0.3 is 9.84 Å². The van der Waals surface area contributed by atoms with Gasteiger partial charge in [0.2, 0.25) is 5.91 Å². The number of anilines is 1. The van der Waals surface area contributed by atoms with Crippen LogP contribution < -0.4 is 9.64 Å². The van der Waals surface area contributed by atoms with E-state index >= 15 is 0 Å². The zero-order valence-corrected chi connectivity index (χ0v) is 19.8. The lowest BCUT2D eigenvalue weighted by atomic mass is 9.67. The molecule has 0 aliphatic carbocycles. The largest absolute Gasteiger partial charge is 0.508 e. The first-order chi connectivity index (χ1) is 16.9. The summed E-state index contributed by atoms with van der Waals surface area (Å²) in [5.41, 5.74) is 3.27. The number of hydrogen-bond acceptors (Lipinski definition) is 3. The van der Waals surface area contributed by atoms with Gasteiger partial charge in [0.15, 0.2) is 0 Å². The quantitative estimate of drug-likeness (QED) is 0.385. The molecule has 4 nitrogen and oxygen atoms in total. The van der Waals surface area contributed by atoms with Crippen molar-refractivity contribution in [2.24, 2.45) is 0 Å². The maximum atomic E-state index is 14.9. The Morgan fingerprint density at radius 3 is 2.06 bits per heavy atom. The summed E-state index contributed by atoms with van der Waals surface area (Å²) in [5, 5.41) is 10.2. The Bertz CT molecular complexity index is 1370. The number of rotatable bonds is 3.